The number of nitrogens with one attached hydrogen (secondary N) is 1. The van der Waals surface area contributed by atoms with Gasteiger partial charge < -0.3 is 10.4 Å². The monoisotopic (exact) mass is 257 g/mol. The number of nitro groups is 1. The molecule has 1 aromatic rings. The van der Waals surface area contributed by atoms with Crippen LogP contribution in [0, 0.1) is 10.1 Å². The Morgan fingerprint density at radius 1 is 1.69 bits per heavy atom. The molecule has 1 atom stereocenters. The van der Waals surface area contributed by atoms with Gasteiger partial charge in [0, 0.05) is 0 Å². The summed E-state index contributed by atoms with van der Waals surface area (Å²) >= 11 is 0.594. The first kappa shape index (κ1) is 12.6. The van der Waals surface area contributed by atoms with Crippen LogP contribution in [-0.4, -0.2) is 33.8 Å². The van der Waals surface area contributed by atoms with Crippen molar-refractivity contribution >= 4 is 21.5 Å². The molecule has 1 rings (SSSR count). The Morgan fingerprint density at radius 2 is 2.31 bits per heavy atom. The number of aliphatic hydroxyl groups excluding tert-OH is 1. The van der Waals surface area contributed by atoms with E-state index >= 15 is 0 Å². The van der Waals surface area contributed by atoms with Gasteiger partial charge in [0.05, 0.1) is 11.5 Å². The van der Waals surface area contributed by atoms with Crippen LogP contribution in [0.25, 0.3) is 0 Å². The predicted molar refractivity (Wildman–Crippen MR) is 49.3 cm³/mol. The Morgan fingerprint density at radius 3 is 2.75 bits per heavy atom. The van der Waals surface area contributed by atoms with Gasteiger partial charge in [0.1, 0.15) is 6.20 Å². The van der Waals surface area contributed by atoms with Crippen molar-refractivity contribution in [3.8, 4) is 0 Å². The van der Waals surface area contributed by atoms with Gasteiger partial charge in [-0.25, -0.2) is 4.98 Å². The van der Waals surface area contributed by atoms with Crippen molar-refractivity contribution in [2.24, 2.45) is 0 Å². The molecule has 16 heavy (non-hydrogen) atoms. The van der Waals surface area contributed by atoms with E-state index in [4.69, 9.17) is 5.11 Å². The van der Waals surface area contributed by atoms with Crippen LogP contribution in [0.4, 0.5) is 23.3 Å². The van der Waals surface area contributed by atoms with Crippen molar-refractivity contribution < 1.29 is 23.2 Å². The third kappa shape index (κ3) is 3.31. The second-order valence-corrected chi connectivity index (χ2v) is 3.71. The van der Waals surface area contributed by atoms with Gasteiger partial charge in [0.25, 0.3) is 0 Å². The number of anilines is 1. The molecular formula is C6H6F3N3O3S. The maximum Gasteiger partial charge on any atom is 0.416 e. The maximum absolute atomic E-state index is 11.9. The van der Waals surface area contributed by atoms with Crippen LogP contribution in [0.5, 0.6) is 0 Å². The Balaban J connectivity index is 2.52. The van der Waals surface area contributed by atoms with Crippen molar-refractivity contribution in [2.75, 3.05) is 11.9 Å². The summed E-state index contributed by atoms with van der Waals surface area (Å²) in [5, 5.41) is 20.7. The molecule has 10 heteroatoms. The number of nitrogens with zero attached hydrogens (tertiary/aromatic N) is 2. The summed E-state index contributed by atoms with van der Waals surface area (Å²) in [4.78, 5) is 13.0. The van der Waals surface area contributed by atoms with Gasteiger partial charge in [-0.2, -0.15) is 13.2 Å². The minimum Gasteiger partial charge on any atom is -0.382 e. The van der Waals surface area contributed by atoms with Crippen LogP contribution >= 0.6 is 11.3 Å². The van der Waals surface area contributed by atoms with Gasteiger partial charge in [-0.15, -0.1) is 0 Å². The van der Waals surface area contributed by atoms with Crippen molar-refractivity contribution in [3.05, 3.63) is 16.3 Å². The van der Waals surface area contributed by atoms with E-state index in [1.54, 1.807) is 0 Å². The molecule has 0 aromatic carbocycles. The maximum atomic E-state index is 11.9. The molecule has 0 bridgehead atoms. The zero-order chi connectivity index (χ0) is 12.3. The van der Waals surface area contributed by atoms with Crippen LogP contribution in [0.2, 0.25) is 0 Å². The van der Waals surface area contributed by atoms with Gasteiger partial charge in [0.15, 0.2) is 11.2 Å². The molecule has 0 saturated carbocycles. The Labute approximate surface area is 90.9 Å². The number of alkyl halides is 3. The molecular weight excluding hydrogens is 251 g/mol. The van der Waals surface area contributed by atoms with E-state index in [0.29, 0.717) is 11.3 Å². The Hall–Kier alpha value is -1.42. The van der Waals surface area contributed by atoms with Crippen LogP contribution in [0.3, 0.4) is 0 Å². The molecule has 1 aromatic heterocycles. The molecule has 0 radical (unpaired) electrons. The van der Waals surface area contributed by atoms with Gasteiger partial charge in [-0.1, -0.05) is 0 Å². The molecule has 0 amide bonds. The van der Waals surface area contributed by atoms with Gasteiger partial charge >= 0.3 is 11.2 Å². The van der Waals surface area contributed by atoms with E-state index in [9.17, 15) is 23.3 Å². The largest absolute Gasteiger partial charge is 0.416 e. The molecule has 0 aliphatic carbocycles. The van der Waals surface area contributed by atoms with Crippen molar-refractivity contribution in [1.82, 2.24) is 4.98 Å². The summed E-state index contributed by atoms with van der Waals surface area (Å²) in [6.45, 7) is -0.797. The normalized spacial score (nSPS) is 13.5. The van der Waals surface area contributed by atoms with E-state index < -0.39 is 23.7 Å². The van der Waals surface area contributed by atoms with Gasteiger partial charge in [-0.05, 0) is 11.3 Å². The first-order chi connectivity index (χ1) is 7.30. The van der Waals surface area contributed by atoms with Gasteiger partial charge in [0.2, 0.25) is 0 Å². The third-order valence-electron chi connectivity index (χ3n) is 1.50. The lowest BCUT2D eigenvalue weighted by Gasteiger charge is -2.14. The Kier molecular flexibility index (Phi) is 3.65. The van der Waals surface area contributed by atoms with E-state index in [1.165, 1.54) is 0 Å². The molecule has 0 aliphatic rings. The molecule has 0 fully saturated rings. The molecule has 0 aliphatic heterocycles. The number of hydrogen-bond donors (Lipinski definition) is 2. The lowest BCUT2D eigenvalue weighted by Crippen LogP contribution is -2.34. The zero-order valence-electron chi connectivity index (χ0n) is 7.56. The molecule has 2 N–H and O–H groups in total. The number of hydrogen-bond acceptors (Lipinski definition) is 6. The molecule has 1 unspecified atom stereocenters. The highest BCUT2D eigenvalue weighted by Gasteiger charge is 2.38. The first-order valence-electron chi connectivity index (χ1n) is 3.89. The highest BCUT2D eigenvalue weighted by Crippen LogP contribution is 2.26. The summed E-state index contributed by atoms with van der Waals surface area (Å²) in [5.41, 5.74) is 0. The highest BCUT2D eigenvalue weighted by atomic mass is 32.1. The molecule has 0 saturated heterocycles. The number of aromatic nitrogens is 1. The molecule has 1 heterocycles. The predicted octanol–water partition coefficient (Wildman–Crippen LogP) is 1.39. The first-order valence-corrected chi connectivity index (χ1v) is 4.71. The van der Waals surface area contributed by atoms with E-state index in [2.05, 4.69) is 10.3 Å². The molecule has 6 nitrogen and oxygen atoms in total. The summed E-state index contributed by atoms with van der Waals surface area (Å²) in [6, 6.07) is 0. The average molecular weight is 257 g/mol. The highest BCUT2D eigenvalue weighted by molar-refractivity contribution is 7.18. The molecule has 90 valence electrons. The standard InChI is InChI=1S/C6H6F3N3O3S/c7-6(8,9)3(13)1-10-5-11-2-4(16-5)12(14)15/h2-3,13H,1H2,(H,10,11). The average Bonchev–Trinajstić information content (AvgIpc) is 2.60. The van der Waals surface area contributed by atoms with Crippen molar-refractivity contribution in [1.29, 1.82) is 0 Å². The van der Waals surface area contributed by atoms with E-state index in [-0.39, 0.29) is 10.1 Å². The minimum absolute atomic E-state index is 0.0463. The fraction of sp³-hybridized carbons (Fsp3) is 0.500. The fourth-order valence-corrected chi connectivity index (χ4v) is 1.37. The fourth-order valence-electron chi connectivity index (χ4n) is 0.731. The minimum atomic E-state index is -4.73. The van der Waals surface area contributed by atoms with E-state index in [1.807, 2.05) is 0 Å². The molecule has 0 spiro atoms. The number of aliphatic hydroxyl groups is 1. The lowest BCUT2D eigenvalue weighted by atomic mass is 10.3. The van der Waals surface area contributed by atoms with Crippen molar-refractivity contribution in [3.63, 3.8) is 0 Å². The summed E-state index contributed by atoms with van der Waals surface area (Å²) < 4.78 is 35.6. The smallest absolute Gasteiger partial charge is 0.382 e. The third-order valence-corrected chi connectivity index (χ3v) is 2.40. The van der Waals surface area contributed by atoms with E-state index in [0.717, 1.165) is 6.20 Å². The van der Waals surface area contributed by atoms with Crippen molar-refractivity contribution in [2.45, 2.75) is 12.3 Å². The summed E-state index contributed by atoms with van der Waals surface area (Å²) in [6.07, 6.45) is -6.33. The van der Waals surface area contributed by atoms with Crippen LogP contribution in [0.15, 0.2) is 6.20 Å². The zero-order valence-corrected chi connectivity index (χ0v) is 8.38. The quantitative estimate of drug-likeness (QED) is 0.628. The number of halogens is 3. The van der Waals surface area contributed by atoms with Crippen LogP contribution in [-0.2, 0) is 0 Å². The lowest BCUT2D eigenvalue weighted by molar-refractivity contribution is -0.380. The number of thiazole rings is 1. The summed E-state index contributed by atoms with van der Waals surface area (Å²) in [7, 11) is 0. The topological polar surface area (TPSA) is 88.3 Å². The second-order valence-electron chi connectivity index (χ2n) is 2.70. The second kappa shape index (κ2) is 4.61. The van der Waals surface area contributed by atoms with Crippen LogP contribution in [0.1, 0.15) is 0 Å². The SMILES string of the molecule is O=[N+]([O-])c1cnc(NCC(O)C(F)(F)F)s1. The summed E-state index contributed by atoms with van der Waals surface area (Å²) in [5.74, 6) is 0. The Bertz CT molecular complexity index is 381. The van der Waals surface area contributed by atoms with Gasteiger partial charge in [-0.3, -0.25) is 10.1 Å². The number of rotatable bonds is 4. The van der Waals surface area contributed by atoms with Crippen LogP contribution < -0.4 is 5.32 Å².